The summed E-state index contributed by atoms with van der Waals surface area (Å²) in [6.07, 6.45) is 1.77. The van der Waals surface area contributed by atoms with Crippen LogP contribution in [0.3, 0.4) is 0 Å². The van der Waals surface area contributed by atoms with Gasteiger partial charge in [0.2, 0.25) is 0 Å². The maximum absolute atomic E-state index is 5.47. The fourth-order valence-corrected chi connectivity index (χ4v) is 3.08. The molecule has 0 aliphatic rings. The molecule has 0 aliphatic carbocycles. The summed E-state index contributed by atoms with van der Waals surface area (Å²) in [4.78, 5) is 0. The molecule has 1 aromatic carbocycles. The van der Waals surface area contributed by atoms with E-state index < -0.39 is 0 Å². The van der Waals surface area contributed by atoms with Gasteiger partial charge < -0.3 is 10.6 Å². The lowest BCUT2D eigenvalue weighted by atomic mass is 10.1. The normalized spacial score (nSPS) is 10.8. The van der Waals surface area contributed by atoms with E-state index in [9.17, 15) is 0 Å². The lowest BCUT2D eigenvalue weighted by Crippen LogP contribution is -2.20. The van der Waals surface area contributed by atoms with Gasteiger partial charge in [-0.2, -0.15) is 10.2 Å². The Morgan fingerprint density at radius 2 is 1.81 bits per heavy atom. The molecule has 0 saturated heterocycles. The van der Waals surface area contributed by atoms with Crippen LogP contribution in [0.2, 0.25) is 0 Å². The van der Waals surface area contributed by atoms with Crippen LogP contribution in [0.5, 0.6) is 0 Å². The van der Waals surface area contributed by atoms with Crippen molar-refractivity contribution in [3.63, 3.8) is 0 Å². The van der Waals surface area contributed by atoms with Crippen LogP contribution in [-0.4, -0.2) is 24.7 Å². The summed E-state index contributed by atoms with van der Waals surface area (Å²) < 4.78 is 3.82. The van der Waals surface area contributed by atoms with E-state index in [0.29, 0.717) is 5.11 Å². The second kappa shape index (κ2) is 7.29. The molecule has 0 radical (unpaired) electrons. The smallest absolute Gasteiger partial charge is 0.175 e. The fourth-order valence-electron chi connectivity index (χ4n) is 2.87. The number of rotatable bonds is 4. The number of aromatic nitrogens is 4. The Morgan fingerprint density at radius 3 is 2.46 bits per heavy atom. The van der Waals surface area contributed by atoms with Gasteiger partial charge in [-0.25, -0.2) is 0 Å². The first-order valence-corrected chi connectivity index (χ1v) is 8.92. The number of aryl methyl sites for hydroxylation is 3. The van der Waals surface area contributed by atoms with Gasteiger partial charge >= 0.3 is 0 Å². The summed E-state index contributed by atoms with van der Waals surface area (Å²) in [5.41, 5.74) is 7.36. The molecule has 3 rings (SSSR count). The van der Waals surface area contributed by atoms with E-state index in [1.54, 1.807) is 6.20 Å². The van der Waals surface area contributed by atoms with Gasteiger partial charge in [0, 0.05) is 7.05 Å². The van der Waals surface area contributed by atoms with Crippen molar-refractivity contribution < 1.29 is 0 Å². The van der Waals surface area contributed by atoms with E-state index in [4.69, 9.17) is 12.2 Å². The quantitative estimate of drug-likeness (QED) is 0.688. The lowest BCUT2D eigenvalue weighted by Gasteiger charge is -2.11. The molecule has 0 saturated carbocycles. The molecule has 0 unspecified atom stereocenters. The SMILES string of the molecule is Cc1ccccc1Cn1nc(C)c(NC(=S)Nc2cnn(C)c2C)c1C. The number of benzene rings is 1. The van der Waals surface area contributed by atoms with Crippen molar-refractivity contribution >= 4 is 28.7 Å². The topological polar surface area (TPSA) is 59.7 Å². The third kappa shape index (κ3) is 3.62. The molecule has 26 heavy (non-hydrogen) atoms. The van der Waals surface area contributed by atoms with Crippen LogP contribution in [0.15, 0.2) is 30.5 Å². The summed E-state index contributed by atoms with van der Waals surface area (Å²) in [6, 6.07) is 8.37. The van der Waals surface area contributed by atoms with Gasteiger partial charge in [-0.1, -0.05) is 24.3 Å². The maximum Gasteiger partial charge on any atom is 0.175 e. The predicted molar refractivity (Wildman–Crippen MR) is 110 cm³/mol. The van der Waals surface area contributed by atoms with E-state index in [2.05, 4.69) is 58.9 Å². The van der Waals surface area contributed by atoms with Crippen LogP contribution in [0.1, 0.15) is 28.2 Å². The average Bonchev–Trinajstić information content (AvgIpc) is 3.05. The standard InChI is InChI=1S/C19H24N6S/c1-12-8-6-7-9-16(12)11-25-15(4)18(13(2)23-25)22-19(26)21-17-10-20-24(5)14(17)3/h6-10H,11H2,1-5H3,(H2,21,22,26). The maximum atomic E-state index is 5.47. The first kappa shape index (κ1) is 18.1. The zero-order chi connectivity index (χ0) is 18.8. The zero-order valence-corrected chi connectivity index (χ0v) is 16.6. The molecule has 7 heteroatoms. The van der Waals surface area contributed by atoms with Gasteiger partial charge in [-0.3, -0.25) is 9.36 Å². The summed E-state index contributed by atoms with van der Waals surface area (Å²) in [6.45, 7) is 8.90. The first-order valence-electron chi connectivity index (χ1n) is 8.52. The molecular formula is C19H24N6S. The van der Waals surface area contributed by atoms with Gasteiger partial charge in [0.25, 0.3) is 0 Å². The Morgan fingerprint density at radius 1 is 1.08 bits per heavy atom. The molecule has 0 fully saturated rings. The third-order valence-electron chi connectivity index (χ3n) is 4.68. The number of thiocarbonyl (C=S) groups is 1. The molecule has 0 atom stereocenters. The van der Waals surface area contributed by atoms with Crippen molar-refractivity contribution in [1.29, 1.82) is 0 Å². The Kier molecular flexibility index (Phi) is 5.08. The lowest BCUT2D eigenvalue weighted by molar-refractivity contribution is 0.657. The van der Waals surface area contributed by atoms with E-state index in [0.717, 1.165) is 35.0 Å². The largest absolute Gasteiger partial charge is 0.330 e. The third-order valence-corrected chi connectivity index (χ3v) is 4.89. The summed E-state index contributed by atoms with van der Waals surface area (Å²) in [7, 11) is 1.90. The van der Waals surface area contributed by atoms with Gasteiger partial charge in [0.1, 0.15) is 0 Å². The second-order valence-corrected chi connectivity index (χ2v) is 6.88. The van der Waals surface area contributed by atoms with Crippen LogP contribution in [0.25, 0.3) is 0 Å². The molecular weight excluding hydrogens is 344 g/mol. The number of hydrogen-bond donors (Lipinski definition) is 2. The van der Waals surface area contributed by atoms with Gasteiger partial charge in [0.15, 0.2) is 5.11 Å². The number of nitrogens with one attached hydrogen (secondary N) is 2. The van der Waals surface area contributed by atoms with Crippen molar-refractivity contribution in [2.24, 2.45) is 7.05 Å². The van der Waals surface area contributed by atoms with Gasteiger partial charge in [-0.15, -0.1) is 0 Å². The molecule has 0 spiro atoms. The van der Waals surface area contributed by atoms with E-state index >= 15 is 0 Å². The zero-order valence-electron chi connectivity index (χ0n) is 15.8. The summed E-state index contributed by atoms with van der Waals surface area (Å²) in [5.74, 6) is 0. The monoisotopic (exact) mass is 368 g/mol. The van der Waals surface area contributed by atoms with Crippen molar-refractivity contribution in [3.05, 3.63) is 58.7 Å². The van der Waals surface area contributed by atoms with Crippen molar-refractivity contribution in [1.82, 2.24) is 19.6 Å². The number of nitrogens with zero attached hydrogens (tertiary/aromatic N) is 4. The Labute approximate surface area is 159 Å². The Hall–Kier alpha value is -2.67. The highest BCUT2D eigenvalue weighted by molar-refractivity contribution is 7.80. The summed E-state index contributed by atoms with van der Waals surface area (Å²) >= 11 is 5.47. The molecule has 6 nitrogen and oxygen atoms in total. The highest BCUT2D eigenvalue weighted by atomic mass is 32.1. The highest BCUT2D eigenvalue weighted by Gasteiger charge is 2.14. The van der Waals surface area contributed by atoms with Crippen molar-refractivity contribution in [2.75, 3.05) is 10.6 Å². The fraction of sp³-hybridized carbons (Fsp3) is 0.316. The second-order valence-electron chi connectivity index (χ2n) is 6.48. The molecule has 0 aliphatic heterocycles. The van der Waals surface area contributed by atoms with Gasteiger partial charge in [-0.05, 0) is 51.0 Å². The minimum absolute atomic E-state index is 0.530. The minimum Gasteiger partial charge on any atom is -0.330 e. The van der Waals surface area contributed by atoms with Crippen LogP contribution in [0.4, 0.5) is 11.4 Å². The average molecular weight is 369 g/mol. The molecule has 0 amide bonds. The molecule has 0 bridgehead atoms. The van der Waals surface area contributed by atoms with Crippen molar-refractivity contribution in [2.45, 2.75) is 34.2 Å². The van der Waals surface area contributed by atoms with E-state index in [1.807, 2.05) is 30.3 Å². The molecule has 2 heterocycles. The molecule has 3 aromatic rings. The van der Waals surface area contributed by atoms with Crippen LogP contribution < -0.4 is 10.6 Å². The van der Waals surface area contributed by atoms with Gasteiger partial charge in [0.05, 0.1) is 41.2 Å². The summed E-state index contributed by atoms with van der Waals surface area (Å²) in [5, 5.41) is 15.9. The Bertz CT molecular complexity index is 953. The number of anilines is 2. The Balaban J connectivity index is 1.76. The van der Waals surface area contributed by atoms with Crippen LogP contribution in [-0.2, 0) is 13.6 Å². The first-order chi connectivity index (χ1) is 12.4. The number of hydrogen-bond acceptors (Lipinski definition) is 3. The molecule has 2 N–H and O–H groups in total. The highest BCUT2D eigenvalue weighted by Crippen LogP contribution is 2.22. The van der Waals surface area contributed by atoms with E-state index in [-0.39, 0.29) is 0 Å². The van der Waals surface area contributed by atoms with Crippen LogP contribution in [0, 0.1) is 27.7 Å². The minimum atomic E-state index is 0.530. The van der Waals surface area contributed by atoms with Crippen molar-refractivity contribution in [3.8, 4) is 0 Å². The molecule has 2 aromatic heterocycles. The van der Waals surface area contributed by atoms with E-state index in [1.165, 1.54) is 11.1 Å². The van der Waals surface area contributed by atoms with Crippen LogP contribution >= 0.6 is 12.2 Å². The molecule has 136 valence electrons. The predicted octanol–water partition coefficient (Wildman–Crippen LogP) is 3.71.